The second-order valence-electron chi connectivity index (χ2n) is 7.75. The lowest BCUT2D eigenvalue weighted by Gasteiger charge is -2.32. The van der Waals surface area contributed by atoms with Gasteiger partial charge in [-0.25, -0.2) is 0 Å². The van der Waals surface area contributed by atoms with Gasteiger partial charge in [0.2, 0.25) is 5.91 Å². The number of nitrogens with one attached hydrogen (secondary N) is 1. The molecule has 2 heterocycles. The highest BCUT2D eigenvalue weighted by Gasteiger charge is 2.40. The first-order valence-electron chi connectivity index (χ1n) is 9.97. The quantitative estimate of drug-likeness (QED) is 0.729. The molecule has 2 atom stereocenters. The van der Waals surface area contributed by atoms with Crippen LogP contribution in [-0.4, -0.2) is 16.8 Å². The molecular weight excluding hydrogens is 386 g/mol. The topological polar surface area (TPSA) is 62.3 Å². The van der Waals surface area contributed by atoms with Crippen LogP contribution in [0.4, 0.5) is 5.69 Å². The van der Waals surface area contributed by atoms with Gasteiger partial charge in [-0.2, -0.15) is 0 Å². The van der Waals surface area contributed by atoms with E-state index in [1.807, 2.05) is 26.1 Å². The van der Waals surface area contributed by atoms with Crippen LogP contribution < -0.4 is 10.2 Å². The van der Waals surface area contributed by atoms with Crippen LogP contribution in [0.25, 0.3) is 0 Å². The number of carbonyl (C=O) groups is 2. The van der Waals surface area contributed by atoms with Crippen LogP contribution in [0, 0.1) is 0 Å². The van der Waals surface area contributed by atoms with E-state index in [-0.39, 0.29) is 23.9 Å². The van der Waals surface area contributed by atoms with E-state index < -0.39 is 0 Å². The van der Waals surface area contributed by atoms with Gasteiger partial charge in [-0.05, 0) is 61.1 Å². The van der Waals surface area contributed by atoms with Gasteiger partial charge in [-0.1, -0.05) is 30.7 Å². The number of rotatable bonds is 4. The Balaban J connectivity index is 1.81. The smallest absolute Gasteiger partial charge is 0.259 e. The van der Waals surface area contributed by atoms with Crippen molar-refractivity contribution in [3.05, 3.63) is 70.0 Å². The minimum atomic E-state index is -0.282. The molecule has 0 fully saturated rings. The van der Waals surface area contributed by atoms with Crippen LogP contribution in [0.3, 0.4) is 0 Å². The molecule has 2 amide bonds. The summed E-state index contributed by atoms with van der Waals surface area (Å²) in [6, 6.07) is 5.02. The fourth-order valence-corrected chi connectivity index (χ4v) is 4.61. The number of carbonyl (C=O) groups excluding carboxylic acids is 2. The van der Waals surface area contributed by atoms with Gasteiger partial charge in [0.1, 0.15) is 0 Å². The molecule has 0 spiro atoms. The number of hydrogen-bond donors (Lipinski definition) is 1. The number of halogens is 1. The summed E-state index contributed by atoms with van der Waals surface area (Å²) in [4.78, 5) is 31.6. The average molecular weight is 410 g/mol. The third-order valence-electron chi connectivity index (χ3n) is 5.76. The van der Waals surface area contributed by atoms with Crippen molar-refractivity contribution in [1.82, 2.24) is 10.3 Å². The number of nitrogens with zero attached hydrogens (tertiary/aromatic N) is 2. The monoisotopic (exact) mass is 409 g/mol. The molecule has 2 aliphatic rings. The Morgan fingerprint density at radius 1 is 1.34 bits per heavy atom. The predicted molar refractivity (Wildman–Crippen MR) is 114 cm³/mol. The summed E-state index contributed by atoms with van der Waals surface area (Å²) in [5, 5.41) is 3.69. The first-order valence-corrected chi connectivity index (χ1v) is 10.3. The fraction of sp³-hybridized carbons (Fsp3) is 0.348. The summed E-state index contributed by atoms with van der Waals surface area (Å²) >= 11 is 6.22. The zero-order valence-corrected chi connectivity index (χ0v) is 17.4. The molecule has 1 aromatic carbocycles. The minimum Gasteiger partial charge on any atom is -0.349 e. The van der Waals surface area contributed by atoms with Crippen molar-refractivity contribution >= 4 is 29.1 Å². The molecule has 6 heteroatoms. The lowest BCUT2D eigenvalue weighted by atomic mass is 9.87. The highest BCUT2D eigenvalue weighted by atomic mass is 35.5. The molecular formula is C23H24ClN3O2. The van der Waals surface area contributed by atoms with E-state index in [2.05, 4.69) is 16.9 Å². The van der Waals surface area contributed by atoms with E-state index in [9.17, 15) is 9.59 Å². The van der Waals surface area contributed by atoms with Gasteiger partial charge in [0.05, 0.1) is 24.0 Å². The van der Waals surface area contributed by atoms with E-state index in [4.69, 9.17) is 11.6 Å². The number of amides is 2. The van der Waals surface area contributed by atoms with Gasteiger partial charge < -0.3 is 5.32 Å². The molecule has 150 valence electrons. The van der Waals surface area contributed by atoms with Crippen LogP contribution in [-0.2, 0) is 11.2 Å². The van der Waals surface area contributed by atoms with Gasteiger partial charge in [-0.15, -0.1) is 0 Å². The molecule has 0 bridgehead atoms. The van der Waals surface area contributed by atoms with Crippen LogP contribution in [0.2, 0.25) is 5.02 Å². The van der Waals surface area contributed by atoms with Gasteiger partial charge in [0.15, 0.2) is 0 Å². The van der Waals surface area contributed by atoms with Gasteiger partial charge in [0.25, 0.3) is 5.91 Å². The van der Waals surface area contributed by atoms with Gasteiger partial charge >= 0.3 is 0 Å². The minimum absolute atomic E-state index is 0.0207. The maximum atomic E-state index is 13.4. The van der Waals surface area contributed by atoms with E-state index >= 15 is 0 Å². The molecule has 0 radical (unpaired) electrons. The molecule has 0 saturated carbocycles. The van der Waals surface area contributed by atoms with Gasteiger partial charge in [-0.3, -0.25) is 19.5 Å². The van der Waals surface area contributed by atoms with Gasteiger partial charge in [0, 0.05) is 23.2 Å². The molecule has 2 aromatic rings. The summed E-state index contributed by atoms with van der Waals surface area (Å²) < 4.78 is 0. The summed E-state index contributed by atoms with van der Waals surface area (Å²) in [7, 11) is 0. The molecule has 1 aromatic heterocycles. The number of fused-ring (bicyclic) bond motifs is 2. The van der Waals surface area contributed by atoms with E-state index in [0.29, 0.717) is 17.0 Å². The Morgan fingerprint density at radius 3 is 2.86 bits per heavy atom. The normalized spacial score (nSPS) is 20.2. The summed E-state index contributed by atoms with van der Waals surface area (Å²) in [6.45, 7) is 7.91. The Bertz CT molecular complexity index is 1020. The Hall–Kier alpha value is -2.66. The van der Waals surface area contributed by atoms with E-state index in [1.54, 1.807) is 23.2 Å². The van der Waals surface area contributed by atoms with Crippen LogP contribution in [0.1, 0.15) is 72.2 Å². The number of benzene rings is 1. The second kappa shape index (κ2) is 7.64. The van der Waals surface area contributed by atoms with Crippen molar-refractivity contribution in [2.24, 2.45) is 0 Å². The predicted octanol–water partition coefficient (Wildman–Crippen LogP) is 4.92. The molecule has 29 heavy (non-hydrogen) atoms. The average Bonchev–Trinajstić information content (AvgIpc) is 2.99. The van der Waals surface area contributed by atoms with Crippen molar-refractivity contribution in [3.8, 4) is 0 Å². The third kappa shape index (κ3) is 3.33. The molecule has 4 rings (SSSR count). The molecule has 1 N–H and O–H groups in total. The number of anilines is 1. The molecule has 5 nitrogen and oxygen atoms in total. The summed E-state index contributed by atoms with van der Waals surface area (Å²) in [6.07, 6.45) is 6.67. The van der Waals surface area contributed by atoms with Crippen molar-refractivity contribution in [1.29, 1.82) is 0 Å². The lowest BCUT2D eigenvalue weighted by Crippen LogP contribution is -2.33. The van der Waals surface area contributed by atoms with Crippen LogP contribution >= 0.6 is 11.6 Å². The zero-order valence-electron chi connectivity index (χ0n) is 16.7. The van der Waals surface area contributed by atoms with Crippen molar-refractivity contribution in [2.45, 2.75) is 51.6 Å². The lowest BCUT2D eigenvalue weighted by molar-refractivity contribution is -0.121. The first-order chi connectivity index (χ1) is 13.9. The third-order valence-corrected chi connectivity index (χ3v) is 6.00. The maximum absolute atomic E-state index is 13.4. The van der Waals surface area contributed by atoms with Crippen molar-refractivity contribution in [3.63, 3.8) is 0 Å². The molecule has 2 unspecified atom stereocenters. The van der Waals surface area contributed by atoms with Crippen molar-refractivity contribution in [2.75, 3.05) is 4.90 Å². The highest BCUT2D eigenvalue weighted by molar-refractivity contribution is 6.31. The fourth-order valence-electron chi connectivity index (χ4n) is 4.43. The standard InChI is InChI=1S/C23H24ClN3O2/c1-4-21(28)26-19-7-5-6-15-18(19)11-25-12-20(15)27-22(13(2)3)17-10-14(24)8-9-16(17)23(27)29/h8-12,19,22H,2,4-7H2,1,3H3,(H,26,28). The van der Waals surface area contributed by atoms with E-state index in [0.717, 1.165) is 47.2 Å². The number of aromatic nitrogens is 1. The van der Waals surface area contributed by atoms with E-state index in [1.165, 1.54) is 0 Å². The number of hydrogen-bond acceptors (Lipinski definition) is 3. The molecule has 0 saturated heterocycles. The molecule has 1 aliphatic carbocycles. The summed E-state index contributed by atoms with van der Waals surface area (Å²) in [5.41, 5.74) is 5.25. The summed E-state index contributed by atoms with van der Waals surface area (Å²) in [5.74, 6) is -0.0491. The zero-order chi connectivity index (χ0) is 20.7. The van der Waals surface area contributed by atoms with Crippen LogP contribution in [0.5, 0.6) is 0 Å². The first kappa shape index (κ1) is 19.6. The Morgan fingerprint density at radius 2 is 2.14 bits per heavy atom. The molecule has 1 aliphatic heterocycles. The van der Waals surface area contributed by atoms with Crippen molar-refractivity contribution < 1.29 is 9.59 Å². The Labute approximate surface area is 175 Å². The number of pyridine rings is 1. The maximum Gasteiger partial charge on any atom is 0.259 e. The largest absolute Gasteiger partial charge is 0.349 e. The van der Waals surface area contributed by atoms with Crippen LogP contribution in [0.15, 0.2) is 42.7 Å². The highest BCUT2D eigenvalue weighted by Crippen LogP contribution is 2.45. The SMILES string of the molecule is C=C(C)C1c2cc(Cl)ccc2C(=O)N1c1cncc2c1CCCC2NC(=O)CC. The Kier molecular flexibility index (Phi) is 5.17. The second-order valence-corrected chi connectivity index (χ2v) is 8.18.